The molecule has 0 bridgehead atoms. The number of phenolic OH excluding ortho intramolecular Hbond substituents is 1. The molecule has 0 saturated carbocycles. The monoisotopic (exact) mass is 529 g/mol. The van der Waals surface area contributed by atoms with Crippen LogP contribution in [0, 0.1) is 0 Å². The molecule has 0 saturated heterocycles. The van der Waals surface area contributed by atoms with Crippen LogP contribution in [0.25, 0.3) is 0 Å². The second kappa shape index (κ2) is 29.0. The molecule has 1 nitrogen and oxygen atoms in total. The van der Waals surface area contributed by atoms with Crippen molar-refractivity contribution < 1.29 is 5.11 Å². The number of aryl methyl sites for hydroxylation is 1. The zero-order valence-corrected chi connectivity index (χ0v) is 26.0. The number of hydrogen-bond acceptors (Lipinski definition) is 1. The molecule has 38 heavy (non-hydrogen) atoms. The van der Waals surface area contributed by atoms with Gasteiger partial charge in [0.25, 0.3) is 0 Å². The first-order chi connectivity index (χ1) is 18.8. The van der Waals surface area contributed by atoms with Crippen molar-refractivity contribution in [2.75, 3.05) is 0 Å². The molecular formula is C37H68O. The fraction of sp³-hybridized carbons (Fsp3) is 0.838. The zero-order valence-electron chi connectivity index (χ0n) is 26.0. The Morgan fingerprint density at radius 2 is 0.579 bits per heavy atom. The Bertz CT molecular complexity index is 563. The van der Waals surface area contributed by atoms with Crippen LogP contribution in [0.4, 0.5) is 0 Å². The first-order valence-electron chi connectivity index (χ1n) is 17.6. The van der Waals surface area contributed by atoms with Crippen LogP contribution in [0.5, 0.6) is 5.75 Å². The molecule has 0 aliphatic rings. The molecule has 0 aliphatic carbocycles. The number of aromatic hydroxyl groups is 1. The lowest BCUT2D eigenvalue weighted by atomic mass is 10.0. The summed E-state index contributed by atoms with van der Waals surface area (Å²) in [6.45, 7) is 2.30. The molecule has 1 rings (SSSR count). The van der Waals surface area contributed by atoms with Crippen molar-refractivity contribution in [1.29, 1.82) is 0 Å². The molecule has 0 heterocycles. The Labute approximate surface area is 240 Å². The van der Waals surface area contributed by atoms with Gasteiger partial charge in [0.05, 0.1) is 0 Å². The van der Waals surface area contributed by atoms with Gasteiger partial charge in [-0.15, -0.1) is 0 Å². The van der Waals surface area contributed by atoms with E-state index < -0.39 is 0 Å². The maximum Gasteiger partial charge on any atom is 0.115 e. The highest BCUT2D eigenvalue weighted by Gasteiger charge is 1.98. The third-order valence-electron chi connectivity index (χ3n) is 8.51. The minimum atomic E-state index is 0.374. The van der Waals surface area contributed by atoms with Gasteiger partial charge in [-0.1, -0.05) is 199 Å². The third-order valence-corrected chi connectivity index (χ3v) is 8.51. The molecule has 0 unspecified atom stereocenters. The lowest BCUT2D eigenvalue weighted by molar-refractivity contribution is 0.475. The minimum Gasteiger partial charge on any atom is -0.508 e. The molecule has 0 aromatic heterocycles. The fourth-order valence-corrected chi connectivity index (χ4v) is 5.84. The van der Waals surface area contributed by atoms with E-state index in [-0.39, 0.29) is 0 Å². The van der Waals surface area contributed by atoms with E-state index in [2.05, 4.69) is 19.1 Å². The summed E-state index contributed by atoms with van der Waals surface area (Å²) in [4.78, 5) is 0. The summed E-state index contributed by atoms with van der Waals surface area (Å²) in [5, 5.41) is 9.34. The van der Waals surface area contributed by atoms with E-state index in [4.69, 9.17) is 0 Å². The van der Waals surface area contributed by atoms with Crippen molar-refractivity contribution in [3.63, 3.8) is 0 Å². The quantitative estimate of drug-likeness (QED) is 0.0984. The van der Waals surface area contributed by atoms with E-state index in [1.165, 1.54) is 192 Å². The number of benzene rings is 1. The molecule has 0 atom stereocenters. The molecule has 0 amide bonds. The van der Waals surface area contributed by atoms with Crippen LogP contribution in [-0.2, 0) is 6.42 Å². The zero-order chi connectivity index (χ0) is 27.2. The minimum absolute atomic E-state index is 0.374. The topological polar surface area (TPSA) is 20.2 Å². The molecule has 1 aromatic carbocycles. The lowest BCUT2D eigenvalue weighted by Gasteiger charge is -2.05. The predicted molar refractivity (Wildman–Crippen MR) is 171 cm³/mol. The molecule has 1 aromatic rings. The van der Waals surface area contributed by atoms with Gasteiger partial charge < -0.3 is 5.11 Å². The van der Waals surface area contributed by atoms with Gasteiger partial charge in [0.2, 0.25) is 0 Å². The van der Waals surface area contributed by atoms with Crippen molar-refractivity contribution in [3.05, 3.63) is 29.8 Å². The van der Waals surface area contributed by atoms with E-state index in [9.17, 15) is 5.11 Å². The summed E-state index contributed by atoms with van der Waals surface area (Å²) in [5.41, 5.74) is 1.35. The molecular weight excluding hydrogens is 460 g/mol. The van der Waals surface area contributed by atoms with Gasteiger partial charge in [-0.3, -0.25) is 0 Å². The summed E-state index contributed by atoms with van der Waals surface area (Å²) < 4.78 is 0. The van der Waals surface area contributed by atoms with Gasteiger partial charge in [0.15, 0.2) is 0 Å². The van der Waals surface area contributed by atoms with E-state index in [0.717, 1.165) is 6.42 Å². The van der Waals surface area contributed by atoms with Crippen molar-refractivity contribution in [2.45, 2.75) is 200 Å². The number of rotatable bonds is 30. The van der Waals surface area contributed by atoms with E-state index in [0.29, 0.717) is 5.75 Å². The van der Waals surface area contributed by atoms with Crippen molar-refractivity contribution >= 4 is 0 Å². The number of unbranched alkanes of at least 4 members (excludes halogenated alkanes) is 28. The normalized spacial score (nSPS) is 11.4. The van der Waals surface area contributed by atoms with Gasteiger partial charge in [-0.2, -0.15) is 0 Å². The summed E-state index contributed by atoms with van der Waals surface area (Å²) in [6, 6.07) is 7.71. The predicted octanol–water partition coefficient (Wildman–Crippen LogP) is 13.3. The van der Waals surface area contributed by atoms with Crippen LogP contribution in [0.3, 0.4) is 0 Å². The van der Waals surface area contributed by atoms with Crippen LogP contribution < -0.4 is 0 Å². The first kappa shape index (κ1) is 35.0. The Morgan fingerprint density at radius 3 is 0.842 bits per heavy atom. The number of phenols is 1. The maximum absolute atomic E-state index is 9.34. The Morgan fingerprint density at radius 1 is 0.342 bits per heavy atom. The summed E-state index contributed by atoms with van der Waals surface area (Å²) >= 11 is 0. The van der Waals surface area contributed by atoms with Gasteiger partial charge in [-0.25, -0.2) is 0 Å². The Kier molecular flexibility index (Phi) is 26.8. The summed E-state index contributed by atoms with van der Waals surface area (Å²) in [6.07, 6.45) is 43.3. The van der Waals surface area contributed by atoms with Crippen LogP contribution in [0.2, 0.25) is 0 Å². The average Bonchev–Trinajstić information content (AvgIpc) is 2.93. The fourth-order valence-electron chi connectivity index (χ4n) is 5.84. The largest absolute Gasteiger partial charge is 0.508 e. The standard InChI is InChI=1S/C37H68O/c1-2-3-4-5-6-7-8-9-10-11-12-13-14-15-16-17-18-19-20-21-22-23-24-25-26-27-28-29-30-31-36-32-34-37(38)35-33-36/h32-35,38H,2-31H2,1H3. The maximum atomic E-state index is 9.34. The van der Waals surface area contributed by atoms with Crippen molar-refractivity contribution in [3.8, 4) is 5.75 Å². The van der Waals surface area contributed by atoms with Crippen LogP contribution in [0.1, 0.15) is 199 Å². The highest BCUT2D eigenvalue weighted by Crippen LogP contribution is 2.17. The second-order valence-corrected chi connectivity index (χ2v) is 12.3. The first-order valence-corrected chi connectivity index (χ1v) is 17.6. The van der Waals surface area contributed by atoms with Gasteiger partial charge >= 0.3 is 0 Å². The van der Waals surface area contributed by atoms with Crippen molar-refractivity contribution in [2.24, 2.45) is 0 Å². The summed E-state index contributed by atoms with van der Waals surface area (Å²) in [5.74, 6) is 0.374. The molecule has 0 radical (unpaired) electrons. The van der Waals surface area contributed by atoms with E-state index in [1.807, 2.05) is 0 Å². The van der Waals surface area contributed by atoms with E-state index in [1.54, 1.807) is 12.1 Å². The molecule has 0 fully saturated rings. The van der Waals surface area contributed by atoms with Crippen LogP contribution in [-0.4, -0.2) is 5.11 Å². The smallest absolute Gasteiger partial charge is 0.115 e. The van der Waals surface area contributed by atoms with Gasteiger partial charge in [0.1, 0.15) is 5.75 Å². The Hall–Kier alpha value is -0.980. The third kappa shape index (κ3) is 25.3. The highest BCUT2D eigenvalue weighted by molar-refractivity contribution is 5.25. The molecule has 1 N–H and O–H groups in total. The second-order valence-electron chi connectivity index (χ2n) is 12.3. The van der Waals surface area contributed by atoms with Crippen LogP contribution in [0.15, 0.2) is 24.3 Å². The highest BCUT2D eigenvalue weighted by atomic mass is 16.3. The van der Waals surface area contributed by atoms with E-state index >= 15 is 0 Å². The molecule has 1 heteroatoms. The average molecular weight is 529 g/mol. The van der Waals surface area contributed by atoms with Crippen molar-refractivity contribution in [1.82, 2.24) is 0 Å². The van der Waals surface area contributed by atoms with Gasteiger partial charge in [0, 0.05) is 0 Å². The number of hydrogen-bond donors (Lipinski definition) is 1. The SMILES string of the molecule is CCCCCCCCCCCCCCCCCCCCCCCCCCCCCCCc1ccc(O)cc1. The van der Waals surface area contributed by atoms with Crippen LogP contribution >= 0.6 is 0 Å². The molecule has 222 valence electrons. The molecule has 0 spiro atoms. The Balaban J connectivity index is 1.64. The van der Waals surface area contributed by atoms with Gasteiger partial charge in [-0.05, 0) is 30.5 Å². The molecule has 0 aliphatic heterocycles. The lowest BCUT2D eigenvalue weighted by Crippen LogP contribution is -1.86. The summed E-state index contributed by atoms with van der Waals surface area (Å²) in [7, 11) is 0.